The molecule has 0 atom stereocenters. The fourth-order valence-corrected chi connectivity index (χ4v) is 2.73. The zero-order valence-corrected chi connectivity index (χ0v) is 11.5. The number of nitrogens with one attached hydrogen (secondary N) is 1. The Morgan fingerprint density at radius 3 is 2.80 bits per heavy atom. The van der Waals surface area contributed by atoms with E-state index in [0.29, 0.717) is 11.6 Å². The maximum Gasteiger partial charge on any atom is 0.251 e. The third-order valence-corrected chi connectivity index (χ3v) is 3.81. The van der Waals surface area contributed by atoms with Crippen molar-refractivity contribution in [1.82, 2.24) is 20.1 Å². The van der Waals surface area contributed by atoms with E-state index in [9.17, 15) is 4.79 Å². The van der Waals surface area contributed by atoms with E-state index in [0.717, 1.165) is 24.1 Å². The lowest BCUT2D eigenvalue weighted by molar-refractivity contribution is 0.0938. The molecule has 5 heteroatoms. The quantitative estimate of drug-likeness (QED) is 0.930. The molecule has 1 N–H and O–H groups in total. The molecule has 3 rings (SSSR count). The Hall–Kier alpha value is -2.17. The molecule has 5 nitrogen and oxygen atoms in total. The number of hydrogen-bond donors (Lipinski definition) is 1. The van der Waals surface area contributed by atoms with Gasteiger partial charge in [0.15, 0.2) is 0 Å². The van der Waals surface area contributed by atoms with Gasteiger partial charge in [0.25, 0.3) is 5.91 Å². The van der Waals surface area contributed by atoms with E-state index in [1.165, 1.54) is 19.2 Å². The lowest BCUT2D eigenvalue weighted by atomic mass is 10.1. The molecule has 1 amide bonds. The average Bonchev–Trinajstić information content (AvgIpc) is 3.11. The highest BCUT2D eigenvalue weighted by Crippen LogP contribution is 2.19. The number of carbonyl (C=O) groups excluding carboxylic acids is 1. The number of nitrogens with zero attached hydrogens (tertiary/aromatic N) is 3. The highest BCUT2D eigenvalue weighted by atomic mass is 16.1. The molecule has 1 aromatic heterocycles. The van der Waals surface area contributed by atoms with Gasteiger partial charge in [-0.1, -0.05) is 12.8 Å². The van der Waals surface area contributed by atoms with Gasteiger partial charge >= 0.3 is 0 Å². The van der Waals surface area contributed by atoms with E-state index in [-0.39, 0.29) is 5.91 Å². The molecule has 20 heavy (non-hydrogen) atoms. The van der Waals surface area contributed by atoms with Crippen molar-refractivity contribution in [1.29, 1.82) is 0 Å². The topological polar surface area (TPSA) is 59.8 Å². The predicted molar refractivity (Wildman–Crippen MR) is 75.8 cm³/mol. The molecule has 104 valence electrons. The highest BCUT2D eigenvalue weighted by Gasteiger charge is 2.18. The summed E-state index contributed by atoms with van der Waals surface area (Å²) < 4.78 is 1.70. The van der Waals surface area contributed by atoms with Crippen molar-refractivity contribution in [2.24, 2.45) is 0 Å². The predicted octanol–water partition coefficient (Wildman–Crippen LogP) is 2.25. The molecular weight excluding hydrogens is 252 g/mol. The smallest absolute Gasteiger partial charge is 0.251 e. The van der Waals surface area contributed by atoms with Gasteiger partial charge in [-0.05, 0) is 43.5 Å². The third-order valence-electron chi connectivity index (χ3n) is 3.81. The van der Waals surface area contributed by atoms with E-state index in [1.807, 2.05) is 25.1 Å². The zero-order chi connectivity index (χ0) is 13.9. The van der Waals surface area contributed by atoms with Crippen LogP contribution in [0.5, 0.6) is 0 Å². The second kappa shape index (κ2) is 5.45. The molecule has 0 aliphatic heterocycles. The molecule has 1 aromatic carbocycles. The largest absolute Gasteiger partial charge is 0.349 e. The first-order valence-electron chi connectivity index (χ1n) is 7.00. The first kappa shape index (κ1) is 12.8. The molecule has 1 aliphatic carbocycles. The summed E-state index contributed by atoms with van der Waals surface area (Å²) in [5.41, 5.74) is 2.66. The lowest BCUT2D eigenvalue weighted by Crippen LogP contribution is -2.32. The maximum absolute atomic E-state index is 12.2. The number of carbonyl (C=O) groups is 1. The van der Waals surface area contributed by atoms with Gasteiger partial charge < -0.3 is 5.32 Å². The van der Waals surface area contributed by atoms with Gasteiger partial charge in [0.05, 0.1) is 5.69 Å². The van der Waals surface area contributed by atoms with Crippen LogP contribution in [-0.4, -0.2) is 26.7 Å². The molecular formula is C15H18N4O. The Labute approximate surface area is 118 Å². The van der Waals surface area contributed by atoms with Crippen molar-refractivity contribution in [2.45, 2.75) is 38.6 Å². The summed E-state index contributed by atoms with van der Waals surface area (Å²) >= 11 is 0. The number of aromatic nitrogens is 3. The fourth-order valence-electron chi connectivity index (χ4n) is 2.73. The van der Waals surface area contributed by atoms with Crippen LogP contribution in [0.1, 0.15) is 41.6 Å². The third kappa shape index (κ3) is 2.57. The second-order valence-corrected chi connectivity index (χ2v) is 5.30. The molecule has 1 saturated carbocycles. The maximum atomic E-state index is 12.2. The summed E-state index contributed by atoms with van der Waals surface area (Å²) in [6, 6.07) is 6.00. The highest BCUT2D eigenvalue weighted by molar-refractivity contribution is 5.94. The molecule has 1 heterocycles. The monoisotopic (exact) mass is 270 g/mol. The normalized spacial score (nSPS) is 15.4. The SMILES string of the molecule is Cc1cc(C(=O)NC2CCCC2)ccc1-n1cncn1. The van der Waals surface area contributed by atoms with E-state index in [2.05, 4.69) is 15.4 Å². The van der Waals surface area contributed by atoms with Crippen LogP contribution in [0.3, 0.4) is 0 Å². The van der Waals surface area contributed by atoms with Gasteiger partial charge in [0.2, 0.25) is 0 Å². The van der Waals surface area contributed by atoms with Crippen molar-refractivity contribution in [2.75, 3.05) is 0 Å². The van der Waals surface area contributed by atoms with Gasteiger partial charge in [-0.2, -0.15) is 5.10 Å². The van der Waals surface area contributed by atoms with Crippen LogP contribution in [0, 0.1) is 6.92 Å². The van der Waals surface area contributed by atoms with E-state index < -0.39 is 0 Å². The Morgan fingerprint density at radius 1 is 1.35 bits per heavy atom. The lowest BCUT2D eigenvalue weighted by Gasteiger charge is -2.13. The molecule has 0 unspecified atom stereocenters. The van der Waals surface area contributed by atoms with E-state index in [1.54, 1.807) is 11.0 Å². The van der Waals surface area contributed by atoms with Crippen molar-refractivity contribution >= 4 is 5.91 Å². The van der Waals surface area contributed by atoms with E-state index >= 15 is 0 Å². The summed E-state index contributed by atoms with van der Waals surface area (Å²) in [5.74, 6) is 0.0186. The summed E-state index contributed by atoms with van der Waals surface area (Å²) in [5, 5.41) is 7.21. The number of benzene rings is 1. The molecule has 0 bridgehead atoms. The molecule has 0 radical (unpaired) electrons. The number of rotatable bonds is 3. The van der Waals surface area contributed by atoms with Crippen molar-refractivity contribution in [3.63, 3.8) is 0 Å². The van der Waals surface area contributed by atoms with Crippen LogP contribution in [0.4, 0.5) is 0 Å². The number of amides is 1. The van der Waals surface area contributed by atoms with E-state index in [4.69, 9.17) is 0 Å². The van der Waals surface area contributed by atoms with Crippen LogP contribution < -0.4 is 5.32 Å². The fraction of sp³-hybridized carbons (Fsp3) is 0.400. The Kier molecular flexibility index (Phi) is 3.50. The summed E-state index contributed by atoms with van der Waals surface area (Å²) in [4.78, 5) is 16.1. The van der Waals surface area contributed by atoms with Crippen LogP contribution in [-0.2, 0) is 0 Å². The van der Waals surface area contributed by atoms with Crippen LogP contribution in [0.25, 0.3) is 5.69 Å². The summed E-state index contributed by atoms with van der Waals surface area (Å²) in [6.07, 6.45) is 7.79. The standard InChI is InChI=1S/C15H18N4O/c1-11-8-12(15(20)18-13-4-2-3-5-13)6-7-14(11)19-10-16-9-17-19/h6-10,13H,2-5H2,1H3,(H,18,20). The molecule has 2 aromatic rings. The minimum atomic E-state index is 0.0186. The van der Waals surface area contributed by atoms with Crippen molar-refractivity contribution in [3.8, 4) is 5.69 Å². The van der Waals surface area contributed by atoms with Gasteiger partial charge in [0, 0.05) is 11.6 Å². The van der Waals surface area contributed by atoms with Crippen molar-refractivity contribution in [3.05, 3.63) is 42.0 Å². The van der Waals surface area contributed by atoms with Crippen LogP contribution >= 0.6 is 0 Å². The Balaban J connectivity index is 1.77. The Bertz CT molecular complexity index is 600. The Morgan fingerprint density at radius 2 is 2.15 bits per heavy atom. The summed E-state index contributed by atoms with van der Waals surface area (Å²) in [6.45, 7) is 1.98. The van der Waals surface area contributed by atoms with Crippen LogP contribution in [0.2, 0.25) is 0 Å². The van der Waals surface area contributed by atoms with Gasteiger partial charge in [-0.3, -0.25) is 4.79 Å². The van der Waals surface area contributed by atoms with Gasteiger partial charge in [0.1, 0.15) is 12.7 Å². The second-order valence-electron chi connectivity index (χ2n) is 5.30. The minimum absolute atomic E-state index is 0.0186. The first-order valence-corrected chi connectivity index (χ1v) is 7.00. The average molecular weight is 270 g/mol. The van der Waals surface area contributed by atoms with Gasteiger partial charge in [-0.25, -0.2) is 9.67 Å². The minimum Gasteiger partial charge on any atom is -0.349 e. The number of aryl methyl sites for hydroxylation is 1. The van der Waals surface area contributed by atoms with Crippen LogP contribution in [0.15, 0.2) is 30.9 Å². The zero-order valence-electron chi connectivity index (χ0n) is 11.5. The molecule has 0 saturated heterocycles. The number of hydrogen-bond acceptors (Lipinski definition) is 3. The van der Waals surface area contributed by atoms with Crippen molar-refractivity contribution < 1.29 is 4.79 Å². The summed E-state index contributed by atoms with van der Waals surface area (Å²) in [7, 11) is 0. The molecule has 1 aliphatic rings. The van der Waals surface area contributed by atoms with Gasteiger partial charge in [-0.15, -0.1) is 0 Å². The molecule has 0 spiro atoms. The first-order chi connectivity index (χ1) is 9.74. The molecule has 1 fully saturated rings.